The zero-order valence-corrected chi connectivity index (χ0v) is 11.8. The maximum atomic E-state index is 12.3. The zero-order valence-electron chi connectivity index (χ0n) is 11.8. The van der Waals surface area contributed by atoms with Gasteiger partial charge in [-0.2, -0.15) is 0 Å². The quantitative estimate of drug-likeness (QED) is 0.904. The Labute approximate surface area is 114 Å². The lowest BCUT2D eigenvalue weighted by Gasteiger charge is -2.31. The van der Waals surface area contributed by atoms with Crippen LogP contribution in [0.3, 0.4) is 0 Å². The molecule has 1 aromatic rings. The van der Waals surface area contributed by atoms with Gasteiger partial charge in [0.15, 0.2) is 0 Å². The van der Waals surface area contributed by atoms with E-state index >= 15 is 0 Å². The number of nitrogens with zero attached hydrogens (tertiary/aromatic N) is 1. The molecule has 1 aromatic heterocycles. The van der Waals surface area contributed by atoms with E-state index in [9.17, 15) is 4.79 Å². The Morgan fingerprint density at radius 1 is 1.26 bits per heavy atom. The summed E-state index contributed by atoms with van der Waals surface area (Å²) in [5, 5.41) is 3.28. The SMILES string of the molecule is CC(C)C12CCC(NC(=O)c3ccccn3)(CC1)C2. The highest BCUT2D eigenvalue weighted by Gasteiger charge is 2.55. The smallest absolute Gasteiger partial charge is 0.270 e. The van der Waals surface area contributed by atoms with Crippen molar-refractivity contribution in [3.8, 4) is 0 Å². The van der Waals surface area contributed by atoms with E-state index in [0.29, 0.717) is 17.0 Å². The lowest BCUT2D eigenvalue weighted by molar-refractivity contribution is 0.0896. The molecule has 2 aliphatic carbocycles. The topological polar surface area (TPSA) is 42.0 Å². The van der Waals surface area contributed by atoms with E-state index in [2.05, 4.69) is 24.1 Å². The number of rotatable bonds is 3. The maximum absolute atomic E-state index is 12.3. The minimum absolute atomic E-state index is 0.0120. The molecule has 1 heterocycles. The average Bonchev–Trinajstić information content (AvgIpc) is 2.97. The van der Waals surface area contributed by atoms with Crippen molar-refractivity contribution >= 4 is 5.91 Å². The van der Waals surface area contributed by atoms with Crippen LogP contribution in [0.4, 0.5) is 0 Å². The van der Waals surface area contributed by atoms with Gasteiger partial charge in [0.1, 0.15) is 5.69 Å². The van der Waals surface area contributed by atoms with Crippen LogP contribution in [-0.4, -0.2) is 16.4 Å². The number of fused-ring (bicyclic) bond motifs is 2. The van der Waals surface area contributed by atoms with Crippen LogP contribution in [0.5, 0.6) is 0 Å². The third-order valence-electron chi connectivity index (χ3n) is 5.39. The maximum Gasteiger partial charge on any atom is 0.270 e. The molecule has 3 heteroatoms. The molecule has 2 fully saturated rings. The van der Waals surface area contributed by atoms with Gasteiger partial charge in [-0.05, 0) is 55.6 Å². The van der Waals surface area contributed by atoms with Gasteiger partial charge in [0.05, 0.1) is 0 Å². The van der Waals surface area contributed by atoms with Crippen molar-refractivity contribution in [2.24, 2.45) is 11.3 Å². The minimum atomic E-state index is -0.0120. The molecule has 0 saturated heterocycles. The van der Waals surface area contributed by atoms with Crippen LogP contribution < -0.4 is 5.32 Å². The third kappa shape index (κ3) is 2.05. The van der Waals surface area contributed by atoms with Crippen LogP contribution >= 0.6 is 0 Å². The van der Waals surface area contributed by atoms with Gasteiger partial charge in [-0.15, -0.1) is 0 Å². The van der Waals surface area contributed by atoms with E-state index in [4.69, 9.17) is 0 Å². The summed E-state index contributed by atoms with van der Waals surface area (Å²) >= 11 is 0. The molecule has 1 N–H and O–H groups in total. The molecule has 2 aliphatic rings. The van der Waals surface area contributed by atoms with Gasteiger partial charge >= 0.3 is 0 Å². The highest BCUT2D eigenvalue weighted by atomic mass is 16.2. The monoisotopic (exact) mass is 258 g/mol. The van der Waals surface area contributed by atoms with Gasteiger partial charge in [-0.1, -0.05) is 19.9 Å². The van der Waals surface area contributed by atoms with Crippen LogP contribution in [0.1, 0.15) is 56.4 Å². The number of pyridine rings is 1. The van der Waals surface area contributed by atoms with Crippen LogP contribution in [-0.2, 0) is 0 Å². The summed E-state index contributed by atoms with van der Waals surface area (Å²) in [6, 6.07) is 5.48. The average molecular weight is 258 g/mol. The molecule has 3 nitrogen and oxygen atoms in total. The van der Waals surface area contributed by atoms with Crippen LogP contribution in [0.2, 0.25) is 0 Å². The number of nitrogens with one attached hydrogen (secondary N) is 1. The van der Waals surface area contributed by atoms with E-state index < -0.39 is 0 Å². The molecule has 0 radical (unpaired) electrons. The largest absolute Gasteiger partial charge is 0.345 e. The van der Waals surface area contributed by atoms with Crippen LogP contribution in [0, 0.1) is 11.3 Å². The molecule has 2 saturated carbocycles. The Hall–Kier alpha value is -1.38. The fourth-order valence-electron chi connectivity index (χ4n) is 4.01. The van der Waals surface area contributed by atoms with Crippen molar-refractivity contribution in [2.75, 3.05) is 0 Å². The second-order valence-electron chi connectivity index (χ2n) is 6.64. The molecular weight excluding hydrogens is 236 g/mol. The first kappa shape index (κ1) is 12.6. The Morgan fingerprint density at radius 2 is 2.00 bits per heavy atom. The van der Waals surface area contributed by atoms with Gasteiger partial charge in [0.25, 0.3) is 5.91 Å². The Kier molecular flexibility index (Phi) is 2.88. The molecule has 0 atom stereocenters. The third-order valence-corrected chi connectivity index (χ3v) is 5.39. The highest BCUT2D eigenvalue weighted by Crippen LogP contribution is 2.59. The van der Waals surface area contributed by atoms with E-state index in [0.717, 1.165) is 19.3 Å². The minimum Gasteiger partial charge on any atom is -0.345 e. The fraction of sp³-hybridized carbons (Fsp3) is 0.625. The van der Waals surface area contributed by atoms with Gasteiger partial charge in [0.2, 0.25) is 0 Å². The van der Waals surface area contributed by atoms with E-state index in [1.165, 1.54) is 12.8 Å². The zero-order chi connectivity index (χ0) is 13.5. The van der Waals surface area contributed by atoms with Gasteiger partial charge in [-0.3, -0.25) is 9.78 Å². The number of carbonyl (C=O) groups is 1. The van der Waals surface area contributed by atoms with Crippen molar-refractivity contribution in [1.29, 1.82) is 0 Å². The summed E-state index contributed by atoms with van der Waals surface area (Å²) in [7, 11) is 0. The number of amides is 1. The summed E-state index contributed by atoms with van der Waals surface area (Å²) in [5.74, 6) is 0.700. The van der Waals surface area contributed by atoms with E-state index in [1.807, 2.05) is 12.1 Å². The van der Waals surface area contributed by atoms with Crippen molar-refractivity contribution in [3.05, 3.63) is 30.1 Å². The second-order valence-corrected chi connectivity index (χ2v) is 6.64. The van der Waals surface area contributed by atoms with Crippen molar-refractivity contribution in [2.45, 2.75) is 51.5 Å². The van der Waals surface area contributed by atoms with Gasteiger partial charge in [-0.25, -0.2) is 0 Å². The summed E-state index contributed by atoms with van der Waals surface area (Å²) in [6.07, 6.45) is 7.60. The molecule has 0 aromatic carbocycles. The van der Waals surface area contributed by atoms with E-state index in [1.54, 1.807) is 12.3 Å². The molecule has 19 heavy (non-hydrogen) atoms. The number of hydrogen-bond donors (Lipinski definition) is 1. The fourth-order valence-corrected chi connectivity index (χ4v) is 4.01. The summed E-state index contributed by atoms with van der Waals surface area (Å²) in [5.41, 5.74) is 1.04. The van der Waals surface area contributed by atoms with Crippen molar-refractivity contribution in [3.63, 3.8) is 0 Å². The van der Waals surface area contributed by atoms with Gasteiger partial charge < -0.3 is 5.32 Å². The van der Waals surface area contributed by atoms with Crippen LogP contribution in [0.15, 0.2) is 24.4 Å². The predicted molar refractivity (Wildman–Crippen MR) is 74.8 cm³/mol. The molecule has 3 rings (SSSR count). The highest BCUT2D eigenvalue weighted by molar-refractivity contribution is 5.92. The Morgan fingerprint density at radius 3 is 2.53 bits per heavy atom. The lowest BCUT2D eigenvalue weighted by atomic mass is 9.75. The number of hydrogen-bond acceptors (Lipinski definition) is 2. The first-order valence-corrected chi connectivity index (χ1v) is 7.29. The summed E-state index contributed by atoms with van der Waals surface area (Å²) in [4.78, 5) is 16.4. The Bertz CT molecular complexity index is 473. The normalized spacial score (nSPS) is 32.8. The molecular formula is C16H22N2O. The van der Waals surface area contributed by atoms with Crippen LogP contribution in [0.25, 0.3) is 0 Å². The molecule has 0 spiro atoms. The number of aromatic nitrogens is 1. The van der Waals surface area contributed by atoms with E-state index in [-0.39, 0.29) is 11.4 Å². The molecule has 0 aliphatic heterocycles. The summed E-state index contributed by atoms with van der Waals surface area (Å²) < 4.78 is 0. The molecule has 2 bridgehead atoms. The first-order chi connectivity index (χ1) is 9.05. The lowest BCUT2D eigenvalue weighted by Crippen LogP contribution is -2.45. The first-order valence-electron chi connectivity index (χ1n) is 7.29. The molecule has 102 valence electrons. The predicted octanol–water partition coefficient (Wildman–Crippen LogP) is 3.17. The van der Waals surface area contributed by atoms with Gasteiger partial charge in [0, 0.05) is 11.7 Å². The molecule has 0 unspecified atom stereocenters. The summed E-state index contributed by atoms with van der Waals surface area (Å²) in [6.45, 7) is 4.64. The Balaban J connectivity index is 1.74. The molecule has 1 amide bonds. The van der Waals surface area contributed by atoms with Crippen molar-refractivity contribution in [1.82, 2.24) is 10.3 Å². The van der Waals surface area contributed by atoms with Crippen molar-refractivity contribution < 1.29 is 4.79 Å². The number of carbonyl (C=O) groups excluding carboxylic acids is 1. The standard InChI is InChI=1S/C16H22N2O/c1-12(2)15-6-8-16(11-15,9-7-15)18-14(19)13-5-3-4-10-17-13/h3-5,10,12H,6-9,11H2,1-2H3,(H,18,19). The second kappa shape index (κ2) is 4.32.